The number of methoxy groups -OCH3 is 1. The maximum atomic E-state index is 13.9. The van der Waals surface area contributed by atoms with Crippen LogP contribution in [0.1, 0.15) is 43.0 Å². The number of carboxylic acid groups (broad SMARTS) is 1. The minimum absolute atomic E-state index is 0. The predicted molar refractivity (Wildman–Crippen MR) is 189 cm³/mol. The van der Waals surface area contributed by atoms with E-state index in [1.54, 1.807) is 13.8 Å². The smallest absolute Gasteiger partial charge is 0.870 e. The van der Waals surface area contributed by atoms with Crippen molar-refractivity contribution in [3.05, 3.63) is 126 Å². The molecule has 2 aliphatic heterocycles. The van der Waals surface area contributed by atoms with Gasteiger partial charge in [-0.2, -0.15) is 26.3 Å². The Morgan fingerprint density at radius 1 is 0.667 bits per heavy atom. The number of carbonyl (C=O) groups is 2. The number of halogens is 10. The van der Waals surface area contributed by atoms with Gasteiger partial charge in [-0.3, -0.25) is 0 Å². The molecule has 4 N–H and O–H groups in total. The van der Waals surface area contributed by atoms with Crippen molar-refractivity contribution in [2.45, 2.75) is 37.3 Å². The van der Waals surface area contributed by atoms with Crippen LogP contribution in [0.25, 0.3) is 0 Å². The third kappa shape index (κ3) is 9.12. The number of nitrogens with zero attached hydrogens (tertiary/aromatic N) is 2. The monoisotopic (exact) mass is 866 g/mol. The molecule has 286 valence electrons. The van der Waals surface area contributed by atoms with E-state index in [0.29, 0.717) is 22.4 Å². The van der Waals surface area contributed by atoms with Crippen LogP contribution < -0.4 is 61.2 Å². The summed E-state index contributed by atoms with van der Waals surface area (Å²) in [5.74, 6) is -1.66. The van der Waals surface area contributed by atoms with Gasteiger partial charge in [-0.05, 0) is 109 Å². The van der Waals surface area contributed by atoms with Crippen molar-refractivity contribution in [3.63, 3.8) is 0 Å². The predicted octanol–water partition coefficient (Wildman–Crippen LogP) is 6.65. The number of benzene rings is 4. The zero-order valence-electron chi connectivity index (χ0n) is 28.6. The summed E-state index contributed by atoms with van der Waals surface area (Å²) >= 11 is 23.6. The first kappa shape index (κ1) is 47.9. The second kappa shape index (κ2) is 17.5. The van der Waals surface area contributed by atoms with E-state index in [1.807, 2.05) is 0 Å². The molecular formula is C35H29Cl4F6KN2O6. The van der Waals surface area contributed by atoms with Gasteiger partial charge in [0.05, 0.1) is 31.3 Å². The first-order valence-electron chi connectivity index (χ1n) is 14.8. The van der Waals surface area contributed by atoms with Gasteiger partial charge < -0.3 is 30.6 Å². The molecule has 0 radical (unpaired) electrons. The molecule has 4 aromatic rings. The number of aromatic carboxylic acids is 1. The molecule has 0 aliphatic carbocycles. The van der Waals surface area contributed by atoms with E-state index in [2.05, 4.69) is 4.74 Å². The first-order valence-corrected chi connectivity index (χ1v) is 16.3. The molecule has 8 nitrogen and oxygen atoms in total. The maximum Gasteiger partial charge on any atom is 1.00 e. The Labute approximate surface area is 367 Å². The Hall–Kier alpha value is -2.28. The SMILES string of the molecule is COC(=O)c1ccc(N2CC2(c2cc(Cl)cc(Cl)c2)C(F)(F)F)cc1C.Cc1cc(N2CC2(c2cc(Cl)cc(Cl)c2)C(F)(F)F)ccc1C(=O)O.O.[K+].[OH-]. The molecule has 2 fully saturated rings. The van der Waals surface area contributed by atoms with Crippen LogP contribution in [-0.2, 0) is 15.8 Å². The average molecular weight is 869 g/mol. The zero-order valence-corrected chi connectivity index (χ0v) is 34.8. The van der Waals surface area contributed by atoms with Gasteiger partial charge in [0.2, 0.25) is 0 Å². The molecule has 0 bridgehead atoms. The number of rotatable bonds is 6. The van der Waals surface area contributed by atoms with Gasteiger partial charge in [0, 0.05) is 31.5 Å². The van der Waals surface area contributed by atoms with Crippen LogP contribution in [0.4, 0.5) is 37.7 Å². The van der Waals surface area contributed by atoms with Crippen LogP contribution >= 0.6 is 46.4 Å². The van der Waals surface area contributed by atoms with Crippen LogP contribution in [0, 0.1) is 13.8 Å². The van der Waals surface area contributed by atoms with E-state index in [-0.39, 0.29) is 118 Å². The molecule has 2 unspecified atom stereocenters. The Morgan fingerprint density at radius 2 is 1.00 bits per heavy atom. The summed E-state index contributed by atoms with van der Waals surface area (Å²) in [5, 5.41) is 9.58. The van der Waals surface area contributed by atoms with Crippen molar-refractivity contribution >= 4 is 69.7 Å². The molecule has 19 heteroatoms. The second-order valence-corrected chi connectivity index (χ2v) is 13.7. The quantitative estimate of drug-likeness (QED) is 0.0995. The van der Waals surface area contributed by atoms with Gasteiger partial charge in [-0.15, -0.1) is 0 Å². The molecule has 0 amide bonds. The zero-order chi connectivity index (χ0) is 37.8. The summed E-state index contributed by atoms with van der Waals surface area (Å²) in [7, 11) is 1.25. The fourth-order valence-corrected chi connectivity index (χ4v) is 7.16. The number of aryl methyl sites for hydroxylation is 2. The van der Waals surface area contributed by atoms with Crippen LogP contribution in [0.2, 0.25) is 20.1 Å². The summed E-state index contributed by atoms with van der Waals surface area (Å²) in [6.07, 6.45) is -9.09. The van der Waals surface area contributed by atoms with E-state index in [1.165, 1.54) is 84.8 Å². The van der Waals surface area contributed by atoms with E-state index in [4.69, 9.17) is 51.5 Å². The van der Waals surface area contributed by atoms with Crippen LogP contribution in [0.3, 0.4) is 0 Å². The second-order valence-electron chi connectivity index (χ2n) is 12.0. The first-order chi connectivity index (χ1) is 23.7. The molecule has 0 aromatic heterocycles. The topological polar surface area (TPSA) is 131 Å². The minimum Gasteiger partial charge on any atom is -0.870 e. The van der Waals surface area contributed by atoms with Gasteiger partial charge in [-0.1, -0.05) is 46.4 Å². The van der Waals surface area contributed by atoms with E-state index < -0.39 is 35.4 Å². The summed E-state index contributed by atoms with van der Waals surface area (Å²) in [6, 6.07) is 16.4. The Bertz CT molecular complexity index is 2020. The third-order valence-electron chi connectivity index (χ3n) is 8.79. The van der Waals surface area contributed by atoms with Crippen molar-refractivity contribution in [3.8, 4) is 0 Å². The molecule has 2 atom stereocenters. The standard InChI is InChI=1S/C18H14Cl2F3NO2.C17H12Cl2F3NO2.K.2H2O/c1-10-5-14(3-4-15(10)16(25)26-2)24-9-17(24,18(21,22)23)11-6-12(19)8-13(20)7-11;1-9-4-13(2-3-14(9)15(24)25)23-8-16(23,17(20,21)22)10-5-11(18)7-12(19)6-10;;;/h3-8H,9H2,1-2H3;2-7H,8H2,1H3,(H,24,25);;2*1H2/q;;+1;;/p-1. The fourth-order valence-electron chi connectivity index (χ4n) is 6.11. The van der Waals surface area contributed by atoms with Crippen LogP contribution in [0.5, 0.6) is 0 Å². The molecular weight excluding hydrogens is 839 g/mol. The summed E-state index contributed by atoms with van der Waals surface area (Å²) < 4.78 is 88.1. The number of anilines is 2. The van der Waals surface area contributed by atoms with Crippen LogP contribution in [-0.4, -0.2) is 60.5 Å². The summed E-state index contributed by atoms with van der Waals surface area (Å²) in [5.41, 5.74) is -2.57. The third-order valence-corrected chi connectivity index (χ3v) is 9.66. The Kier molecular flexibility index (Phi) is 15.5. The number of hydrogen-bond acceptors (Lipinski definition) is 6. The Morgan fingerprint density at radius 3 is 1.28 bits per heavy atom. The van der Waals surface area contributed by atoms with E-state index >= 15 is 0 Å². The van der Waals surface area contributed by atoms with Gasteiger partial charge in [0.25, 0.3) is 0 Å². The van der Waals surface area contributed by atoms with E-state index in [9.17, 15) is 35.9 Å². The van der Waals surface area contributed by atoms with Crippen molar-refractivity contribution in [2.24, 2.45) is 0 Å². The number of carbonyl (C=O) groups excluding carboxylic acids is 1. The minimum atomic E-state index is -4.56. The van der Waals surface area contributed by atoms with Crippen molar-refractivity contribution in [1.29, 1.82) is 0 Å². The number of esters is 1. The molecule has 0 spiro atoms. The molecule has 2 aliphatic rings. The molecule has 2 saturated heterocycles. The largest absolute Gasteiger partial charge is 1.00 e. The molecule has 6 rings (SSSR count). The van der Waals surface area contributed by atoms with Crippen molar-refractivity contribution in [1.82, 2.24) is 0 Å². The number of alkyl halides is 6. The van der Waals surface area contributed by atoms with Crippen molar-refractivity contribution < 1.29 is 108 Å². The number of ether oxygens (including phenoxy) is 1. The molecule has 0 saturated carbocycles. The number of carboxylic acids is 1. The molecule has 2 heterocycles. The van der Waals surface area contributed by atoms with Gasteiger partial charge >= 0.3 is 75.7 Å². The van der Waals surface area contributed by atoms with Gasteiger partial charge in [0.15, 0.2) is 11.1 Å². The summed E-state index contributed by atoms with van der Waals surface area (Å²) in [6.45, 7) is 2.63. The molecule has 54 heavy (non-hydrogen) atoms. The molecule has 4 aromatic carbocycles. The maximum absolute atomic E-state index is 13.9. The van der Waals surface area contributed by atoms with Crippen molar-refractivity contribution in [2.75, 3.05) is 30.0 Å². The average Bonchev–Trinajstić information content (AvgIpc) is 3.93. The normalized spacial score (nSPS) is 18.5. The number of hydrogen-bond donors (Lipinski definition) is 1. The van der Waals surface area contributed by atoms with Gasteiger partial charge in [-0.25, -0.2) is 9.59 Å². The summed E-state index contributed by atoms with van der Waals surface area (Å²) in [4.78, 5) is 25.1. The van der Waals surface area contributed by atoms with Crippen LogP contribution in [0.15, 0.2) is 72.8 Å². The fraction of sp³-hybridized carbons (Fsp3) is 0.257. The van der Waals surface area contributed by atoms with E-state index in [0.717, 1.165) is 4.90 Å². The van der Waals surface area contributed by atoms with Gasteiger partial charge in [0.1, 0.15) is 0 Å². The Balaban J connectivity index is 0.000000354.